The van der Waals surface area contributed by atoms with E-state index in [9.17, 15) is 14.9 Å². The molecule has 0 saturated carbocycles. The molecule has 1 aromatic rings. The minimum absolute atomic E-state index is 0.00570. The van der Waals surface area contributed by atoms with Crippen molar-refractivity contribution < 1.29 is 9.72 Å². The Hall–Kier alpha value is -2.29. The van der Waals surface area contributed by atoms with Gasteiger partial charge in [-0.1, -0.05) is 0 Å². The first-order valence-electron chi connectivity index (χ1n) is 5.74. The monoisotopic (exact) mass is 261 g/mol. The smallest absolute Gasteiger partial charge is 0.278 e. The summed E-state index contributed by atoms with van der Waals surface area (Å²) in [7, 11) is 0. The van der Waals surface area contributed by atoms with E-state index in [1.165, 1.54) is 20.0 Å². The van der Waals surface area contributed by atoms with Gasteiger partial charge in [-0.15, -0.1) is 0 Å². The van der Waals surface area contributed by atoms with E-state index < -0.39 is 10.3 Å². The molecule has 6 heteroatoms. The van der Waals surface area contributed by atoms with Crippen molar-refractivity contribution in [1.82, 2.24) is 4.98 Å². The summed E-state index contributed by atoms with van der Waals surface area (Å²) in [5, 5.41) is 20.1. The molecule has 0 aliphatic heterocycles. The third-order valence-corrected chi connectivity index (χ3v) is 3.30. The zero-order valence-electron chi connectivity index (χ0n) is 11.4. The first kappa shape index (κ1) is 14.8. The van der Waals surface area contributed by atoms with Crippen LogP contribution in [-0.2, 0) is 11.2 Å². The first-order chi connectivity index (χ1) is 8.73. The van der Waals surface area contributed by atoms with Crippen LogP contribution in [0.25, 0.3) is 0 Å². The van der Waals surface area contributed by atoms with Gasteiger partial charge in [-0.2, -0.15) is 5.26 Å². The highest BCUT2D eigenvalue weighted by Crippen LogP contribution is 2.29. The lowest BCUT2D eigenvalue weighted by atomic mass is 9.82. The summed E-state index contributed by atoms with van der Waals surface area (Å²) < 4.78 is 0. The summed E-state index contributed by atoms with van der Waals surface area (Å²) in [4.78, 5) is 26.2. The molecule has 19 heavy (non-hydrogen) atoms. The third kappa shape index (κ3) is 2.76. The summed E-state index contributed by atoms with van der Waals surface area (Å²) >= 11 is 0. The molecule has 1 atom stereocenters. The first-order valence-corrected chi connectivity index (χ1v) is 5.74. The fourth-order valence-electron chi connectivity index (χ4n) is 1.80. The van der Waals surface area contributed by atoms with E-state index in [0.29, 0.717) is 16.8 Å². The van der Waals surface area contributed by atoms with Crippen molar-refractivity contribution in [2.24, 2.45) is 5.41 Å². The van der Waals surface area contributed by atoms with Crippen molar-refractivity contribution >= 4 is 11.5 Å². The van der Waals surface area contributed by atoms with Crippen LogP contribution in [0, 0.1) is 40.7 Å². The normalized spacial score (nSPS) is 13.4. The highest BCUT2D eigenvalue weighted by molar-refractivity contribution is 5.85. The van der Waals surface area contributed by atoms with Gasteiger partial charge in [0.1, 0.15) is 11.2 Å². The number of ketones is 1. The molecular formula is C13H15N3O3. The highest BCUT2D eigenvalue weighted by Gasteiger charge is 2.32. The van der Waals surface area contributed by atoms with E-state index in [0.717, 1.165) is 0 Å². The van der Waals surface area contributed by atoms with E-state index in [1.807, 2.05) is 6.07 Å². The van der Waals surface area contributed by atoms with Gasteiger partial charge in [-0.05, 0) is 27.7 Å². The average Bonchev–Trinajstić information content (AvgIpc) is 2.32. The standard InChI is InChI=1S/C13H15N3O3/c1-8-6-15-11(9(2)12(8)16(18)19)5-13(4,7-14)10(3)17/h6H,5H2,1-4H3. The van der Waals surface area contributed by atoms with Crippen LogP contribution in [0.4, 0.5) is 5.69 Å². The summed E-state index contributed by atoms with van der Waals surface area (Å²) in [6, 6.07) is 1.96. The topological polar surface area (TPSA) is 96.9 Å². The Labute approximate surface area is 111 Å². The predicted molar refractivity (Wildman–Crippen MR) is 68.5 cm³/mol. The number of nitriles is 1. The van der Waals surface area contributed by atoms with Crippen molar-refractivity contribution in [3.8, 4) is 6.07 Å². The molecule has 1 heterocycles. The molecule has 0 saturated heterocycles. The molecule has 0 N–H and O–H groups in total. The van der Waals surface area contributed by atoms with Crippen molar-refractivity contribution in [2.45, 2.75) is 34.1 Å². The molecule has 0 bridgehead atoms. The van der Waals surface area contributed by atoms with Crippen LogP contribution in [0.1, 0.15) is 30.7 Å². The van der Waals surface area contributed by atoms with Gasteiger partial charge >= 0.3 is 0 Å². The Morgan fingerprint density at radius 3 is 2.58 bits per heavy atom. The number of pyridine rings is 1. The second kappa shape index (κ2) is 5.14. The highest BCUT2D eigenvalue weighted by atomic mass is 16.6. The zero-order chi connectivity index (χ0) is 14.8. The number of carbonyl (C=O) groups is 1. The molecule has 6 nitrogen and oxygen atoms in total. The van der Waals surface area contributed by atoms with Crippen molar-refractivity contribution in [1.29, 1.82) is 5.26 Å². The quantitative estimate of drug-likeness (QED) is 0.611. The Bertz CT molecular complexity index is 590. The number of hydrogen-bond donors (Lipinski definition) is 0. The minimum Gasteiger partial charge on any atom is -0.298 e. The van der Waals surface area contributed by atoms with E-state index >= 15 is 0 Å². The molecule has 0 aromatic carbocycles. The van der Waals surface area contributed by atoms with Crippen LogP contribution >= 0.6 is 0 Å². The van der Waals surface area contributed by atoms with E-state index in [2.05, 4.69) is 4.98 Å². The van der Waals surface area contributed by atoms with Crippen molar-refractivity contribution in [3.05, 3.63) is 33.1 Å². The second-order valence-electron chi connectivity index (χ2n) is 4.80. The molecule has 0 spiro atoms. The Morgan fingerprint density at radius 2 is 2.16 bits per heavy atom. The van der Waals surface area contributed by atoms with E-state index in [4.69, 9.17) is 5.26 Å². The Balaban J connectivity index is 3.32. The maximum Gasteiger partial charge on any atom is 0.278 e. The van der Waals surface area contributed by atoms with E-state index in [-0.39, 0.29) is 17.9 Å². The van der Waals surface area contributed by atoms with Gasteiger partial charge < -0.3 is 0 Å². The molecule has 0 radical (unpaired) electrons. The Morgan fingerprint density at radius 1 is 1.58 bits per heavy atom. The predicted octanol–water partition coefficient (Wildman–Crippen LogP) is 2.27. The minimum atomic E-state index is -1.21. The number of aryl methyl sites for hydroxylation is 1. The maximum atomic E-state index is 11.5. The fraction of sp³-hybridized carbons (Fsp3) is 0.462. The van der Waals surface area contributed by atoms with Crippen LogP contribution in [-0.4, -0.2) is 15.7 Å². The number of nitrogens with zero attached hydrogens (tertiary/aromatic N) is 3. The van der Waals surface area contributed by atoms with Gasteiger partial charge in [-0.25, -0.2) is 0 Å². The lowest BCUT2D eigenvalue weighted by molar-refractivity contribution is -0.386. The van der Waals surface area contributed by atoms with Crippen LogP contribution in [0.3, 0.4) is 0 Å². The second-order valence-corrected chi connectivity index (χ2v) is 4.80. The van der Waals surface area contributed by atoms with Crippen LogP contribution < -0.4 is 0 Å². The molecule has 1 unspecified atom stereocenters. The largest absolute Gasteiger partial charge is 0.298 e. The van der Waals surface area contributed by atoms with E-state index in [1.54, 1.807) is 13.8 Å². The fourth-order valence-corrected chi connectivity index (χ4v) is 1.80. The molecule has 0 aliphatic carbocycles. The third-order valence-electron chi connectivity index (χ3n) is 3.30. The summed E-state index contributed by atoms with van der Waals surface area (Å²) in [5.41, 5.74) is 0.0757. The molecule has 0 amide bonds. The van der Waals surface area contributed by atoms with Crippen LogP contribution in [0.2, 0.25) is 0 Å². The van der Waals surface area contributed by atoms with Crippen LogP contribution in [0.5, 0.6) is 0 Å². The summed E-state index contributed by atoms with van der Waals surface area (Å²) in [5.74, 6) is -0.278. The Kier molecular flexibility index (Phi) is 4.00. The maximum absolute atomic E-state index is 11.5. The lowest BCUT2D eigenvalue weighted by Gasteiger charge is -2.18. The number of aromatic nitrogens is 1. The van der Waals surface area contributed by atoms with Gasteiger partial charge in [0.05, 0.1) is 16.7 Å². The number of hydrogen-bond acceptors (Lipinski definition) is 5. The molecular weight excluding hydrogens is 246 g/mol. The van der Waals surface area contributed by atoms with Crippen LogP contribution in [0.15, 0.2) is 6.20 Å². The lowest BCUT2D eigenvalue weighted by Crippen LogP contribution is -2.27. The number of rotatable bonds is 4. The molecule has 1 aromatic heterocycles. The SMILES string of the molecule is CC(=O)C(C)(C#N)Cc1ncc(C)c([N+](=O)[O-])c1C. The van der Waals surface area contributed by atoms with Gasteiger partial charge in [-0.3, -0.25) is 19.9 Å². The molecule has 0 fully saturated rings. The van der Waals surface area contributed by atoms with Gasteiger partial charge in [0.2, 0.25) is 0 Å². The number of nitro groups is 1. The van der Waals surface area contributed by atoms with Gasteiger partial charge in [0.25, 0.3) is 5.69 Å². The zero-order valence-corrected chi connectivity index (χ0v) is 11.4. The molecule has 100 valence electrons. The number of Topliss-reactive ketones (excluding diaryl/α,β-unsaturated/α-hetero) is 1. The molecule has 1 rings (SSSR count). The van der Waals surface area contributed by atoms with Gasteiger partial charge in [0, 0.05) is 23.7 Å². The summed E-state index contributed by atoms with van der Waals surface area (Å²) in [6.07, 6.45) is 1.48. The van der Waals surface area contributed by atoms with Crippen molar-refractivity contribution in [2.75, 3.05) is 0 Å². The van der Waals surface area contributed by atoms with Gasteiger partial charge in [0.15, 0.2) is 0 Å². The summed E-state index contributed by atoms with van der Waals surface area (Å²) in [6.45, 7) is 6.05. The van der Waals surface area contributed by atoms with Crippen molar-refractivity contribution in [3.63, 3.8) is 0 Å². The molecule has 0 aliphatic rings. The number of carbonyl (C=O) groups excluding carboxylic acids is 1. The average molecular weight is 261 g/mol.